The van der Waals surface area contributed by atoms with Crippen molar-refractivity contribution in [1.29, 1.82) is 0 Å². The number of hydrogen-bond donors (Lipinski definition) is 0. The maximum atomic E-state index is 11.0. The summed E-state index contributed by atoms with van der Waals surface area (Å²) in [5.74, 6) is 0.457. The highest BCUT2D eigenvalue weighted by Gasteiger charge is 2.19. The molecule has 0 aliphatic carbocycles. The van der Waals surface area contributed by atoms with Gasteiger partial charge in [0.15, 0.2) is 0 Å². The fourth-order valence-corrected chi connectivity index (χ4v) is 1.86. The van der Waals surface area contributed by atoms with Crippen molar-refractivity contribution in [2.24, 2.45) is 0 Å². The molecule has 0 aliphatic heterocycles. The van der Waals surface area contributed by atoms with Gasteiger partial charge in [-0.3, -0.25) is 10.1 Å². The van der Waals surface area contributed by atoms with Crippen molar-refractivity contribution >= 4 is 16.7 Å². The van der Waals surface area contributed by atoms with Gasteiger partial charge in [0.25, 0.3) is 17.4 Å². The summed E-state index contributed by atoms with van der Waals surface area (Å²) in [6, 6.07) is 1.40. The molecule has 0 radical (unpaired) electrons. The van der Waals surface area contributed by atoms with E-state index in [2.05, 4.69) is 9.97 Å². The van der Waals surface area contributed by atoms with Crippen molar-refractivity contribution in [1.82, 2.24) is 9.97 Å². The lowest BCUT2D eigenvalue weighted by molar-refractivity contribution is -0.385. The molecule has 1 aromatic heterocycles. The van der Waals surface area contributed by atoms with Crippen LogP contribution in [0.25, 0.3) is 11.0 Å². The van der Waals surface area contributed by atoms with Gasteiger partial charge in [-0.1, -0.05) is 0 Å². The van der Waals surface area contributed by atoms with Gasteiger partial charge in [0, 0.05) is 11.6 Å². The summed E-state index contributed by atoms with van der Waals surface area (Å²) in [6.45, 7) is 3.45. The van der Waals surface area contributed by atoms with Crippen LogP contribution in [0.5, 0.6) is 11.8 Å². The van der Waals surface area contributed by atoms with Gasteiger partial charge in [0.1, 0.15) is 5.52 Å². The Labute approximate surface area is 109 Å². The molecule has 2 aromatic rings. The van der Waals surface area contributed by atoms with E-state index in [-0.39, 0.29) is 17.4 Å². The highest BCUT2D eigenvalue weighted by Crippen LogP contribution is 2.32. The van der Waals surface area contributed by atoms with Crippen LogP contribution in [-0.4, -0.2) is 29.1 Å². The zero-order valence-electron chi connectivity index (χ0n) is 11.1. The van der Waals surface area contributed by atoms with E-state index in [1.54, 1.807) is 13.8 Å². The molecule has 0 atom stereocenters. The monoisotopic (exact) mass is 263 g/mol. The van der Waals surface area contributed by atoms with Crippen LogP contribution in [0.2, 0.25) is 0 Å². The molecule has 0 N–H and O–H groups in total. The van der Waals surface area contributed by atoms with E-state index in [0.29, 0.717) is 22.2 Å². The largest absolute Gasteiger partial charge is 0.477 e. The molecule has 0 aliphatic rings. The van der Waals surface area contributed by atoms with Crippen LogP contribution < -0.4 is 9.47 Å². The maximum Gasteiger partial charge on any atom is 0.278 e. The molecule has 1 aromatic carbocycles. The van der Waals surface area contributed by atoms with Crippen molar-refractivity contribution in [3.63, 3.8) is 0 Å². The standard InChI is InChI=1S/C12H13N3O4/c1-6-7(2)10-8(5-9(6)15(16)17)13-11(18-3)12(14-10)19-4/h5H,1-4H3. The molecule has 1 heterocycles. The van der Waals surface area contributed by atoms with Crippen LogP contribution in [0.4, 0.5) is 5.69 Å². The lowest BCUT2D eigenvalue weighted by atomic mass is 10.1. The average Bonchev–Trinajstić information content (AvgIpc) is 2.41. The number of nitro benzene ring substituents is 1. The van der Waals surface area contributed by atoms with Gasteiger partial charge < -0.3 is 9.47 Å². The molecule has 0 saturated carbocycles. The lowest BCUT2D eigenvalue weighted by Crippen LogP contribution is -2.01. The summed E-state index contributed by atoms with van der Waals surface area (Å²) in [5.41, 5.74) is 2.27. The number of rotatable bonds is 3. The second kappa shape index (κ2) is 4.68. The van der Waals surface area contributed by atoms with Gasteiger partial charge >= 0.3 is 0 Å². The predicted octanol–water partition coefficient (Wildman–Crippen LogP) is 2.17. The molecule has 7 nitrogen and oxygen atoms in total. The Morgan fingerprint density at radius 2 is 1.68 bits per heavy atom. The van der Waals surface area contributed by atoms with Crippen LogP contribution >= 0.6 is 0 Å². The zero-order chi connectivity index (χ0) is 14.2. The van der Waals surface area contributed by atoms with Gasteiger partial charge in [-0.2, -0.15) is 0 Å². The van der Waals surface area contributed by atoms with Crippen LogP contribution in [0.15, 0.2) is 6.07 Å². The van der Waals surface area contributed by atoms with Crippen molar-refractivity contribution < 1.29 is 14.4 Å². The summed E-state index contributed by atoms with van der Waals surface area (Å²) in [4.78, 5) is 19.1. The summed E-state index contributed by atoms with van der Waals surface area (Å²) in [7, 11) is 2.90. The number of benzene rings is 1. The fourth-order valence-electron chi connectivity index (χ4n) is 1.86. The predicted molar refractivity (Wildman–Crippen MR) is 68.8 cm³/mol. The summed E-state index contributed by atoms with van der Waals surface area (Å²) in [6.07, 6.45) is 0. The minimum atomic E-state index is -0.430. The molecule has 7 heteroatoms. The molecule has 0 spiro atoms. The molecule has 0 amide bonds. The Balaban J connectivity index is 2.85. The summed E-state index contributed by atoms with van der Waals surface area (Å²) >= 11 is 0. The normalized spacial score (nSPS) is 10.5. The number of aryl methyl sites for hydroxylation is 1. The molecule has 19 heavy (non-hydrogen) atoms. The number of fused-ring (bicyclic) bond motifs is 1. The molecule has 0 bridgehead atoms. The first-order valence-electron chi connectivity index (χ1n) is 5.54. The second-order valence-corrected chi connectivity index (χ2v) is 4.01. The van der Waals surface area contributed by atoms with Crippen molar-refractivity contribution in [3.05, 3.63) is 27.3 Å². The minimum absolute atomic E-state index is 0.0199. The Morgan fingerprint density at radius 3 is 2.21 bits per heavy atom. The third-order valence-corrected chi connectivity index (χ3v) is 3.02. The first-order valence-corrected chi connectivity index (χ1v) is 5.54. The Kier molecular flexibility index (Phi) is 3.20. The van der Waals surface area contributed by atoms with Crippen LogP contribution in [0, 0.1) is 24.0 Å². The average molecular weight is 263 g/mol. The highest BCUT2D eigenvalue weighted by atomic mass is 16.6. The first-order chi connectivity index (χ1) is 8.99. The van der Waals surface area contributed by atoms with Crippen LogP contribution in [0.3, 0.4) is 0 Å². The quantitative estimate of drug-likeness (QED) is 0.623. The number of hydrogen-bond acceptors (Lipinski definition) is 6. The fraction of sp³-hybridized carbons (Fsp3) is 0.333. The van der Waals surface area contributed by atoms with E-state index in [1.807, 2.05) is 0 Å². The molecule has 0 unspecified atom stereocenters. The van der Waals surface area contributed by atoms with Crippen LogP contribution in [0.1, 0.15) is 11.1 Å². The molecule has 0 saturated heterocycles. The number of ether oxygens (including phenoxy) is 2. The SMILES string of the molecule is COc1nc2cc([N+](=O)[O-])c(C)c(C)c2nc1OC. The van der Waals surface area contributed by atoms with Crippen LogP contribution in [-0.2, 0) is 0 Å². The van der Waals surface area contributed by atoms with E-state index >= 15 is 0 Å². The van der Waals surface area contributed by atoms with Crippen molar-refractivity contribution in [2.75, 3.05) is 14.2 Å². The third kappa shape index (κ3) is 2.03. The lowest BCUT2D eigenvalue weighted by Gasteiger charge is -2.10. The Hall–Kier alpha value is -2.44. The van der Waals surface area contributed by atoms with E-state index in [1.165, 1.54) is 20.3 Å². The summed E-state index contributed by atoms with van der Waals surface area (Å²) in [5, 5.41) is 11.0. The highest BCUT2D eigenvalue weighted by molar-refractivity contribution is 5.83. The smallest absolute Gasteiger partial charge is 0.278 e. The van der Waals surface area contributed by atoms with E-state index in [4.69, 9.17) is 9.47 Å². The molecular formula is C12H13N3O4. The molecule has 0 fully saturated rings. The van der Waals surface area contributed by atoms with E-state index in [0.717, 1.165) is 0 Å². The summed E-state index contributed by atoms with van der Waals surface area (Å²) < 4.78 is 10.1. The number of nitrogens with zero attached hydrogens (tertiary/aromatic N) is 3. The zero-order valence-corrected chi connectivity index (χ0v) is 11.1. The minimum Gasteiger partial charge on any atom is -0.477 e. The van der Waals surface area contributed by atoms with Gasteiger partial charge in [0.2, 0.25) is 0 Å². The van der Waals surface area contributed by atoms with Crippen molar-refractivity contribution in [2.45, 2.75) is 13.8 Å². The first kappa shape index (κ1) is 13.0. The number of nitro groups is 1. The van der Waals surface area contributed by atoms with Gasteiger partial charge in [-0.25, -0.2) is 9.97 Å². The van der Waals surface area contributed by atoms with Gasteiger partial charge in [-0.15, -0.1) is 0 Å². The van der Waals surface area contributed by atoms with E-state index in [9.17, 15) is 10.1 Å². The van der Waals surface area contributed by atoms with Gasteiger partial charge in [-0.05, 0) is 19.4 Å². The molecule has 100 valence electrons. The van der Waals surface area contributed by atoms with Crippen molar-refractivity contribution in [3.8, 4) is 11.8 Å². The third-order valence-electron chi connectivity index (χ3n) is 3.02. The maximum absolute atomic E-state index is 11.0. The van der Waals surface area contributed by atoms with Gasteiger partial charge in [0.05, 0.1) is 24.7 Å². The second-order valence-electron chi connectivity index (χ2n) is 4.01. The Bertz CT molecular complexity index is 670. The van der Waals surface area contributed by atoms with E-state index < -0.39 is 4.92 Å². The molecular weight excluding hydrogens is 250 g/mol. The number of aromatic nitrogens is 2. The Morgan fingerprint density at radius 1 is 1.11 bits per heavy atom. The molecule has 2 rings (SSSR count). The number of methoxy groups -OCH3 is 2. The topological polar surface area (TPSA) is 87.4 Å².